The van der Waals surface area contributed by atoms with Gasteiger partial charge in [-0.1, -0.05) is 48.5 Å². The zero-order valence-electron chi connectivity index (χ0n) is 16.7. The van der Waals surface area contributed by atoms with E-state index in [0.717, 1.165) is 34.4 Å². The second-order valence-corrected chi connectivity index (χ2v) is 8.24. The molecule has 1 amide bonds. The fourth-order valence-corrected chi connectivity index (χ4v) is 4.88. The molecule has 0 saturated heterocycles. The van der Waals surface area contributed by atoms with E-state index in [-0.39, 0.29) is 12.3 Å². The highest BCUT2D eigenvalue weighted by molar-refractivity contribution is 7.13. The summed E-state index contributed by atoms with van der Waals surface area (Å²) in [5, 5.41) is 11.7. The number of nitrogens with one attached hydrogen (secondary N) is 3. The molecule has 3 aromatic rings. The number of nitrogens with two attached hydrogens (primary N) is 1. The van der Waals surface area contributed by atoms with Gasteiger partial charge in [0.15, 0.2) is 0 Å². The van der Waals surface area contributed by atoms with Gasteiger partial charge in [-0.25, -0.2) is 0 Å². The van der Waals surface area contributed by atoms with Gasteiger partial charge in [-0.3, -0.25) is 20.4 Å². The van der Waals surface area contributed by atoms with E-state index in [9.17, 15) is 4.79 Å². The third kappa shape index (κ3) is 3.88. The summed E-state index contributed by atoms with van der Waals surface area (Å²) in [7, 11) is 0. The minimum Gasteiger partial charge on any atom is -0.366 e. The molecule has 3 heterocycles. The summed E-state index contributed by atoms with van der Waals surface area (Å²) in [4.78, 5) is 16.2. The molecule has 0 fully saturated rings. The predicted molar refractivity (Wildman–Crippen MR) is 123 cm³/mol. The van der Waals surface area contributed by atoms with Gasteiger partial charge >= 0.3 is 0 Å². The number of nitrogens with zero attached hydrogens (tertiary/aromatic N) is 2. The fraction of sp³-hybridized carbons (Fsp3) is 0.174. The molecule has 0 radical (unpaired) electrons. The Kier molecular flexibility index (Phi) is 5.33. The van der Waals surface area contributed by atoms with E-state index in [0.29, 0.717) is 5.56 Å². The number of rotatable bonds is 5. The van der Waals surface area contributed by atoms with Gasteiger partial charge < -0.3 is 11.1 Å². The summed E-state index contributed by atoms with van der Waals surface area (Å²) in [6.07, 6.45) is 6.21. The molecule has 5 rings (SSSR count). The van der Waals surface area contributed by atoms with Gasteiger partial charge in [0.1, 0.15) is 6.17 Å². The van der Waals surface area contributed by atoms with Gasteiger partial charge in [0.25, 0.3) is 0 Å². The second-order valence-electron chi connectivity index (χ2n) is 7.46. The van der Waals surface area contributed by atoms with Crippen molar-refractivity contribution in [2.24, 2.45) is 10.7 Å². The van der Waals surface area contributed by atoms with Gasteiger partial charge in [0.05, 0.1) is 34.0 Å². The summed E-state index contributed by atoms with van der Waals surface area (Å²) < 4.78 is 5.48. The largest absolute Gasteiger partial charge is 0.366 e. The quantitative estimate of drug-likeness (QED) is 0.498. The van der Waals surface area contributed by atoms with Crippen LogP contribution >= 0.6 is 11.5 Å². The van der Waals surface area contributed by atoms with Crippen molar-refractivity contribution < 1.29 is 4.79 Å². The molecule has 7 nitrogen and oxygen atoms in total. The van der Waals surface area contributed by atoms with Gasteiger partial charge in [-0.05, 0) is 35.2 Å². The van der Waals surface area contributed by atoms with Crippen LogP contribution in [0.3, 0.4) is 0 Å². The number of aromatic nitrogens is 1. The van der Waals surface area contributed by atoms with Gasteiger partial charge in [0, 0.05) is 18.1 Å². The summed E-state index contributed by atoms with van der Waals surface area (Å²) >= 11 is 1.29. The maximum Gasteiger partial charge on any atom is 0.250 e. The Balaban J connectivity index is 1.48. The first-order valence-corrected chi connectivity index (χ1v) is 10.9. The molecule has 0 spiro atoms. The minimum atomic E-state index is -0.445. The standard InChI is InChI=1S/C23H22N6OS/c24-21(30)17-9-4-8-16-19(29-31-20(16)17)23-27-18-13-25-11-5-10-15(18)22(28-23)26-12-14-6-2-1-3-7-14/h1-9,11,13,22-23,26-28H,10,12H2,(H2,24,30). The average molecular weight is 431 g/mol. The molecule has 1 aromatic heterocycles. The summed E-state index contributed by atoms with van der Waals surface area (Å²) in [5.41, 5.74) is 10.3. The van der Waals surface area contributed by atoms with E-state index in [1.54, 1.807) is 6.07 Å². The summed E-state index contributed by atoms with van der Waals surface area (Å²) in [6, 6.07) is 15.9. The molecule has 2 unspecified atom stereocenters. The van der Waals surface area contributed by atoms with E-state index in [4.69, 9.17) is 5.73 Å². The van der Waals surface area contributed by atoms with Crippen molar-refractivity contribution in [1.82, 2.24) is 20.3 Å². The highest BCUT2D eigenvalue weighted by atomic mass is 32.1. The van der Waals surface area contributed by atoms with Crippen molar-refractivity contribution >= 4 is 33.7 Å². The monoisotopic (exact) mass is 430 g/mol. The van der Waals surface area contributed by atoms with Crippen molar-refractivity contribution in [3.05, 3.63) is 88.9 Å². The van der Waals surface area contributed by atoms with Gasteiger partial charge in [-0.15, -0.1) is 0 Å². The number of hydrogen-bond acceptors (Lipinski definition) is 7. The van der Waals surface area contributed by atoms with Crippen LogP contribution in [0.15, 0.2) is 77.1 Å². The summed E-state index contributed by atoms with van der Waals surface area (Å²) in [6.45, 7) is 0.729. The molecular formula is C23H22N6OS. The lowest BCUT2D eigenvalue weighted by Crippen LogP contribution is -2.53. The van der Waals surface area contributed by atoms with Crippen molar-refractivity contribution in [3.63, 3.8) is 0 Å². The number of benzene rings is 2. The molecule has 0 aliphatic carbocycles. The number of allylic oxidation sites excluding steroid dienone is 2. The molecule has 0 saturated carbocycles. The number of carbonyl (C=O) groups is 1. The molecular weight excluding hydrogens is 408 g/mol. The number of carbonyl (C=O) groups excluding carboxylic acids is 1. The van der Waals surface area contributed by atoms with Crippen LogP contribution in [-0.2, 0) is 6.54 Å². The molecule has 2 aliphatic heterocycles. The first kappa shape index (κ1) is 19.6. The maximum atomic E-state index is 11.8. The normalized spacial score (nSPS) is 20.4. The molecule has 156 valence electrons. The Labute approximate surface area is 183 Å². The lowest BCUT2D eigenvalue weighted by Gasteiger charge is -2.35. The SMILES string of the molecule is NC(=O)c1cccc2c(C3NC4=C(CC=CN=C4)C(NCc4ccccc4)N3)nsc12. The molecule has 5 N–H and O–H groups in total. The third-order valence-corrected chi connectivity index (χ3v) is 6.39. The van der Waals surface area contributed by atoms with Gasteiger partial charge in [0.2, 0.25) is 5.91 Å². The smallest absolute Gasteiger partial charge is 0.250 e. The molecule has 2 atom stereocenters. The fourth-order valence-electron chi connectivity index (χ4n) is 3.95. The van der Waals surface area contributed by atoms with E-state index in [1.165, 1.54) is 22.7 Å². The van der Waals surface area contributed by atoms with E-state index in [2.05, 4.69) is 43.5 Å². The maximum absolute atomic E-state index is 11.8. The van der Waals surface area contributed by atoms with Crippen LogP contribution in [-0.4, -0.2) is 22.7 Å². The number of amides is 1. The Morgan fingerprint density at radius 3 is 2.90 bits per heavy atom. The minimum absolute atomic E-state index is 0.0632. The van der Waals surface area contributed by atoms with E-state index < -0.39 is 5.91 Å². The first-order chi connectivity index (χ1) is 15.2. The van der Waals surface area contributed by atoms with Crippen molar-refractivity contribution in [2.45, 2.75) is 25.3 Å². The van der Waals surface area contributed by atoms with Crippen LogP contribution in [0.25, 0.3) is 10.1 Å². The van der Waals surface area contributed by atoms with Crippen molar-refractivity contribution in [2.75, 3.05) is 0 Å². The summed E-state index contributed by atoms with van der Waals surface area (Å²) in [5.74, 6) is -0.445. The van der Waals surface area contributed by atoms with E-state index >= 15 is 0 Å². The second kappa shape index (κ2) is 8.43. The molecule has 2 aliphatic rings. The Morgan fingerprint density at radius 1 is 1.19 bits per heavy atom. The predicted octanol–water partition coefficient (Wildman–Crippen LogP) is 2.94. The number of aliphatic imine (C=N–C) groups is 1. The van der Waals surface area contributed by atoms with E-state index in [1.807, 2.05) is 42.7 Å². The van der Waals surface area contributed by atoms with Crippen molar-refractivity contribution in [3.8, 4) is 0 Å². The van der Waals surface area contributed by atoms with Crippen LogP contribution in [0, 0.1) is 0 Å². The van der Waals surface area contributed by atoms with Crippen LogP contribution < -0.4 is 21.7 Å². The van der Waals surface area contributed by atoms with Crippen LogP contribution in [0.1, 0.15) is 34.2 Å². The zero-order chi connectivity index (χ0) is 21.2. The third-order valence-electron chi connectivity index (χ3n) is 5.48. The molecule has 31 heavy (non-hydrogen) atoms. The first-order valence-electron chi connectivity index (χ1n) is 10.1. The van der Waals surface area contributed by atoms with Gasteiger partial charge in [-0.2, -0.15) is 4.37 Å². The molecule has 0 bridgehead atoms. The number of primary amides is 1. The lowest BCUT2D eigenvalue weighted by molar-refractivity contribution is 0.100. The van der Waals surface area contributed by atoms with Crippen LogP contribution in [0.2, 0.25) is 0 Å². The molecule has 2 aromatic carbocycles. The van der Waals surface area contributed by atoms with Crippen molar-refractivity contribution in [1.29, 1.82) is 0 Å². The Morgan fingerprint density at radius 2 is 2.06 bits per heavy atom. The molecule has 8 heteroatoms. The Bertz CT molecular complexity index is 1210. The number of hydrogen-bond donors (Lipinski definition) is 4. The lowest BCUT2D eigenvalue weighted by atomic mass is 10.0. The van der Waals surface area contributed by atoms with Crippen LogP contribution in [0.5, 0.6) is 0 Å². The Hall–Kier alpha value is -3.33. The number of fused-ring (bicyclic) bond motifs is 1. The average Bonchev–Trinajstić information content (AvgIpc) is 3.08. The topological polar surface area (TPSA) is 104 Å². The highest BCUT2D eigenvalue weighted by Gasteiger charge is 2.30. The highest BCUT2D eigenvalue weighted by Crippen LogP contribution is 2.32. The zero-order valence-corrected chi connectivity index (χ0v) is 17.5. The van der Waals surface area contributed by atoms with Crippen LogP contribution in [0.4, 0.5) is 0 Å².